The van der Waals surface area contributed by atoms with Crippen LogP contribution in [0.25, 0.3) is 0 Å². The van der Waals surface area contributed by atoms with Gasteiger partial charge in [-0.15, -0.1) is 0 Å². The molecule has 2 rings (SSSR count). The summed E-state index contributed by atoms with van der Waals surface area (Å²) >= 11 is 12.6. The summed E-state index contributed by atoms with van der Waals surface area (Å²) in [7, 11) is 0. The van der Waals surface area contributed by atoms with Crippen LogP contribution in [-0.2, 0) is 6.54 Å². The van der Waals surface area contributed by atoms with Crippen molar-refractivity contribution < 1.29 is 0 Å². The number of benzene rings is 1. The van der Waals surface area contributed by atoms with Gasteiger partial charge in [0.25, 0.3) is 0 Å². The number of halogens is 2. The van der Waals surface area contributed by atoms with E-state index in [0.29, 0.717) is 18.0 Å². The third-order valence-electron chi connectivity index (χ3n) is 3.96. The van der Waals surface area contributed by atoms with Crippen LogP contribution in [0, 0.1) is 5.92 Å². The lowest BCUT2D eigenvalue weighted by Crippen LogP contribution is -2.55. The zero-order valence-electron chi connectivity index (χ0n) is 12.5. The van der Waals surface area contributed by atoms with Crippen LogP contribution in [0.15, 0.2) is 18.2 Å². The highest BCUT2D eigenvalue weighted by Crippen LogP contribution is 2.27. The minimum absolute atomic E-state index is 0.505. The third kappa shape index (κ3) is 4.11. The monoisotopic (exact) mass is 314 g/mol. The Hall–Kier alpha value is -0.280. The van der Waals surface area contributed by atoms with Crippen molar-refractivity contribution in [2.45, 2.75) is 45.8 Å². The second-order valence-electron chi connectivity index (χ2n) is 6.21. The highest BCUT2D eigenvalue weighted by Gasteiger charge is 2.26. The van der Waals surface area contributed by atoms with Crippen LogP contribution in [-0.4, -0.2) is 30.1 Å². The van der Waals surface area contributed by atoms with Crippen molar-refractivity contribution in [2.75, 3.05) is 13.1 Å². The Labute approximate surface area is 132 Å². The van der Waals surface area contributed by atoms with Crippen molar-refractivity contribution in [3.8, 4) is 0 Å². The van der Waals surface area contributed by atoms with E-state index in [1.165, 1.54) is 6.42 Å². The molecule has 1 aromatic carbocycles. The molecule has 2 unspecified atom stereocenters. The molecule has 1 N–H and O–H groups in total. The maximum atomic E-state index is 6.29. The number of hydrogen-bond acceptors (Lipinski definition) is 2. The molecule has 0 amide bonds. The van der Waals surface area contributed by atoms with E-state index in [1.807, 2.05) is 18.2 Å². The van der Waals surface area contributed by atoms with Crippen molar-refractivity contribution >= 4 is 23.2 Å². The number of nitrogens with zero attached hydrogens (tertiary/aromatic N) is 1. The molecule has 0 bridgehead atoms. The highest BCUT2D eigenvalue weighted by atomic mass is 35.5. The minimum atomic E-state index is 0.505. The van der Waals surface area contributed by atoms with Gasteiger partial charge in [-0.3, -0.25) is 4.90 Å². The van der Waals surface area contributed by atoms with Crippen LogP contribution in [0.3, 0.4) is 0 Å². The maximum Gasteiger partial charge on any atom is 0.0465 e. The van der Waals surface area contributed by atoms with E-state index in [2.05, 4.69) is 31.0 Å². The van der Waals surface area contributed by atoms with Crippen molar-refractivity contribution in [2.24, 2.45) is 5.92 Å². The predicted octanol–water partition coefficient (Wildman–Crippen LogP) is 4.20. The molecule has 1 fully saturated rings. The van der Waals surface area contributed by atoms with Crippen LogP contribution < -0.4 is 5.32 Å². The molecule has 1 aromatic rings. The average Bonchev–Trinajstić information content (AvgIpc) is 2.37. The van der Waals surface area contributed by atoms with Crippen molar-refractivity contribution in [3.63, 3.8) is 0 Å². The molecule has 1 aliphatic rings. The molecule has 1 saturated heterocycles. The Morgan fingerprint density at radius 1 is 1.30 bits per heavy atom. The second kappa shape index (κ2) is 7.13. The Morgan fingerprint density at radius 2 is 1.95 bits per heavy atom. The van der Waals surface area contributed by atoms with Gasteiger partial charge in [-0.2, -0.15) is 0 Å². The Bertz CT molecular complexity index is 428. The summed E-state index contributed by atoms with van der Waals surface area (Å²) in [4.78, 5) is 2.48. The summed E-state index contributed by atoms with van der Waals surface area (Å²) < 4.78 is 0. The molecule has 0 aliphatic carbocycles. The molecule has 112 valence electrons. The number of nitrogens with one attached hydrogen (secondary N) is 1. The predicted molar refractivity (Wildman–Crippen MR) is 87.6 cm³/mol. The van der Waals surface area contributed by atoms with Gasteiger partial charge in [0.1, 0.15) is 0 Å². The Morgan fingerprint density at radius 3 is 2.55 bits per heavy atom. The smallest absolute Gasteiger partial charge is 0.0465 e. The molecule has 0 spiro atoms. The molecule has 2 nitrogen and oxygen atoms in total. The van der Waals surface area contributed by atoms with Crippen molar-refractivity contribution in [1.29, 1.82) is 0 Å². The van der Waals surface area contributed by atoms with E-state index >= 15 is 0 Å². The van der Waals surface area contributed by atoms with Gasteiger partial charge < -0.3 is 5.32 Å². The van der Waals surface area contributed by atoms with Crippen molar-refractivity contribution in [1.82, 2.24) is 10.2 Å². The maximum absolute atomic E-state index is 6.29. The number of hydrogen-bond donors (Lipinski definition) is 1. The summed E-state index contributed by atoms with van der Waals surface area (Å²) in [6.07, 6.45) is 1.21. The zero-order chi connectivity index (χ0) is 14.7. The van der Waals surface area contributed by atoms with E-state index in [0.717, 1.165) is 35.2 Å². The molecule has 2 atom stereocenters. The van der Waals surface area contributed by atoms with Gasteiger partial charge in [-0.05, 0) is 31.4 Å². The standard InChI is InChI=1S/C16H24Cl2N2/c1-11(2)7-13-9-20(12(3)8-19-13)10-14-15(17)5-4-6-16(14)18/h4-6,11-13,19H,7-10H2,1-3H3. The van der Waals surface area contributed by atoms with Gasteiger partial charge in [0.15, 0.2) is 0 Å². The summed E-state index contributed by atoms with van der Waals surface area (Å²) in [5, 5.41) is 5.17. The molecule has 0 radical (unpaired) electrons. The first kappa shape index (κ1) is 16.1. The summed E-state index contributed by atoms with van der Waals surface area (Å²) in [5.74, 6) is 0.714. The van der Waals surface area contributed by atoms with E-state index < -0.39 is 0 Å². The lowest BCUT2D eigenvalue weighted by molar-refractivity contribution is 0.125. The molecular weight excluding hydrogens is 291 g/mol. The van der Waals surface area contributed by atoms with Crippen LogP contribution >= 0.6 is 23.2 Å². The van der Waals surface area contributed by atoms with Gasteiger partial charge in [0.05, 0.1) is 0 Å². The summed E-state index contributed by atoms with van der Waals surface area (Å²) in [6, 6.07) is 6.80. The fraction of sp³-hybridized carbons (Fsp3) is 0.625. The molecule has 20 heavy (non-hydrogen) atoms. The molecule has 0 aromatic heterocycles. The largest absolute Gasteiger partial charge is 0.311 e. The fourth-order valence-corrected chi connectivity index (χ4v) is 3.34. The number of rotatable bonds is 4. The van der Waals surface area contributed by atoms with Crippen LogP contribution in [0.1, 0.15) is 32.8 Å². The molecule has 1 aliphatic heterocycles. The zero-order valence-corrected chi connectivity index (χ0v) is 14.0. The lowest BCUT2D eigenvalue weighted by atomic mass is 9.99. The highest BCUT2D eigenvalue weighted by molar-refractivity contribution is 6.35. The molecule has 0 saturated carbocycles. The molecular formula is C16H24Cl2N2. The van der Waals surface area contributed by atoms with Crippen LogP contribution in [0.4, 0.5) is 0 Å². The van der Waals surface area contributed by atoms with E-state index in [4.69, 9.17) is 23.2 Å². The van der Waals surface area contributed by atoms with E-state index in [-0.39, 0.29) is 0 Å². The van der Waals surface area contributed by atoms with Gasteiger partial charge in [-0.1, -0.05) is 43.1 Å². The Balaban J connectivity index is 2.06. The molecule has 4 heteroatoms. The minimum Gasteiger partial charge on any atom is -0.311 e. The van der Waals surface area contributed by atoms with Gasteiger partial charge in [-0.25, -0.2) is 0 Å². The SMILES string of the molecule is CC(C)CC1CN(Cc2c(Cl)cccc2Cl)C(C)CN1. The quantitative estimate of drug-likeness (QED) is 0.896. The average molecular weight is 315 g/mol. The summed E-state index contributed by atoms with van der Waals surface area (Å²) in [6.45, 7) is 9.71. The van der Waals surface area contributed by atoms with Crippen LogP contribution in [0.2, 0.25) is 10.0 Å². The van der Waals surface area contributed by atoms with Gasteiger partial charge in [0.2, 0.25) is 0 Å². The van der Waals surface area contributed by atoms with E-state index in [1.54, 1.807) is 0 Å². The first-order valence-corrected chi connectivity index (χ1v) is 8.13. The third-order valence-corrected chi connectivity index (χ3v) is 4.67. The lowest BCUT2D eigenvalue weighted by Gasteiger charge is -2.39. The Kier molecular flexibility index (Phi) is 5.74. The number of piperazine rings is 1. The first-order chi connectivity index (χ1) is 9.47. The van der Waals surface area contributed by atoms with Gasteiger partial charge >= 0.3 is 0 Å². The topological polar surface area (TPSA) is 15.3 Å². The fourth-order valence-electron chi connectivity index (χ4n) is 2.83. The van der Waals surface area contributed by atoms with Gasteiger partial charge in [0, 0.05) is 47.3 Å². The first-order valence-electron chi connectivity index (χ1n) is 7.37. The van der Waals surface area contributed by atoms with Crippen LogP contribution in [0.5, 0.6) is 0 Å². The molecule has 1 heterocycles. The van der Waals surface area contributed by atoms with E-state index in [9.17, 15) is 0 Å². The summed E-state index contributed by atoms with van der Waals surface area (Å²) in [5.41, 5.74) is 1.05. The normalized spacial score (nSPS) is 24.3. The van der Waals surface area contributed by atoms with Crippen molar-refractivity contribution in [3.05, 3.63) is 33.8 Å². The second-order valence-corrected chi connectivity index (χ2v) is 7.03.